The summed E-state index contributed by atoms with van der Waals surface area (Å²) in [5.41, 5.74) is 2.99. The van der Waals surface area contributed by atoms with E-state index in [1.165, 1.54) is 0 Å². The van der Waals surface area contributed by atoms with Gasteiger partial charge in [-0.25, -0.2) is 0 Å². The molecular formula is C19H25NO2. The molecule has 2 rings (SSSR count). The summed E-state index contributed by atoms with van der Waals surface area (Å²) in [4.78, 5) is 0. The van der Waals surface area contributed by atoms with Gasteiger partial charge in [-0.1, -0.05) is 68.4 Å². The quantitative estimate of drug-likeness (QED) is 0.736. The highest BCUT2D eigenvalue weighted by Gasteiger charge is 2.23. The molecule has 3 N–H and O–H groups in total. The largest absolute Gasteiger partial charge is 0.392 e. The van der Waals surface area contributed by atoms with Crippen LogP contribution in [0.2, 0.25) is 0 Å². The van der Waals surface area contributed by atoms with Gasteiger partial charge in [0.15, 0.2) is 0 Å². The summed E-state index contributed by atoms with van der Waals surface area (Å²) in [6.45, 7) is 4.98. The molecule has 3 nitrogen and oxygen atoms in total. The van der Waals surface area contributed by atoms with E-state index in [1.54, 1.807) is 0 Å². The Kier molecular flexibility index (Phi) is 6.13. The molecule has 22 heavy (non-hydrogen) atoms. The standard InChI is InChI=1S/C19H25NO2/c1-14(2)18(19(22)17-6-4-3-5-7-17)20-12-15-8-10-16(13-21)11-9-15/h3-11,14,18-22H,12-13H2,1-2H3/t18-,19+/m1/s1. The van der Waals surface area contributed by atoms with Crippen molar-refractivity contribution in [3.8, 4) is 0 Å². The molecule has 118 valence electrons. The van der Waals surface area contributed by atoms with Crippen molar-refractivity contribution in [3.63, 3.8) is 0 Å². The van der Waals surface area contributed by atoms with E-state index >= 15 is 0 Å². The first-order valence-corrected chi connectivity index (χ1v) is 7.77. The maximum atomic E-state index is 10.6. The van der Waals surface area contributed by atoms with Crippen molar-refractivity contribution in [3.05, 3.63) is 71.3 Å². The van der Waals surface area contributed by atoms with E-state index < -0.39 is 6.10 Å². The minimum absolute atomic E-state index is 0.0140. The van der Waals surface area contributed by atoms with Gasteiger partial charge < -0.3 is 15.5 Å². The average molecular weight is 299 g/mol. The minimum atomic E-state index is -0.530. The van der Waals surface area contributed by atoms with E-state index in [0.717, 1.165) is 16.7 Å². The summed E-state index contributed by atoms with van der Waals surface area (Å²) in [5, 5.41) is 23.1. The number of aliphatic hydroxyl groups excluding tert-OH is 2. The number of hydrogen-bond donors (Lipinski definition) is 3. The Bertz CT molecular complexity index is 551. The first-order valence-electron chi connectivity index (χ1n) is 7.77. The van der Waals surface area contributed by atoms with Crippen LogP contribution in [0.4, 0.5) is 0 Å². The zero-order chi connectivity index (χ0) is 15.9. The summed E-state index contributed by atoms with van der Waals surface area (Å²) in [6.07, 6.45) is -0.530. The van der Waals surface area contributed by atoms with Crippen molar-refractivity contribution in [1.82, 2.24) is 5.32 Å². The van der Waals surface area contributed by atoms with Crippen LogP contribution in [0.5, 0.6) is 0 Å². The van der Waals surface area contributed by atoms with Gasteiger partial charge >= 0.3 is 0 Å². The second-order valence-corrected chi connectivity index (χ2v) is 5.98. The molecular weight excluding hydrogens is 274 g/mol. The van der Waals surface area contributed by atoms with Gasteiger partial charge in [0.05, 0.1) is 12.7 Å². The average Bonchev–Trinajstić information content (AvgIpc) is 2.56. The second kappa shape index (κ2) is 8.08. The smallest absolute Gasteiger partial charge is 0.0945 e. The second-order valence-electron chi connectivity index (χ2n) is 5.98. The van der Waals surface area contributed by atoms with Crippen LogP contribution in [0.15, 0.2) is 54.6 Å². The summed E-state index contributed by atoms with van der Waals surface area (Å²) < 4.78 is 0. The number of aliphatic hydroxyl groups is 2. The van der Waals surface area contributed by atoms with Gasteiger partial charge in [0.1, 0.15) is 0 Å². The van der Waals surface area contributed by atoms with Crippen molar-refractivity contribution >= 4 is 0 Å². The van der Waals surface area contributed by atoms with Crippen LogP contribution in [0.1, 0.15) is 36.6 Å². The van der Waals surface area contributed by atoms with Gasteiger partial charge in [0.2, 0.25) is 0 Å². The summed E-state index contributed by atoms with van der Waals surface area (Å²) in [6, 6.07) is 17.6. The normalized spacial score (nSPS) is 14.0. The highest BCUT2D eigenvalue weighted by molar-refractivity contribution is 5.22. The molecule has 0 spiro atoms. The molecule has 0 bridgehead atoms. The lowest BCUT2D eigenvalue weighted by Gasteiger charge is -2.28. The number of benzene rings is 2. The van der Waals surface area contributed by atoms with Crippen molar-refractivity contribution in [2.24, 2.45) is 5.92 Å². The molecule has 2 atom stereocenters. The molecule has 0 aliphatic carbocycles. The lowest BCUT2D eigenvalue weighted by atomic mass is 9.93. The van der Waals surface area contributed by atoms with Crippen molar-refractivity contribution in [2.45, 2.75) is 39.1 Å². The highest BCUT2D eigenvalue weighted by atomic mass is 16.3. The van der Waals surface area contributed by atoms with Gasteiger partial charge in [-0.3, -0.25) is 0 Å². The zero-order valence-corrected chi connectivity index (χ0v) is 13.2. The molecule has 0 aromatic heterocycles. The molecule has 0 aliphatic heterocycles. The van der Waals surface area contributed by atoms with E-state index in [0.29, 0.717) is 12.5 Å². The number of nitrogens with one attached hydrogen (secondary N) is 1. The monoisotopic (exact) mass is 299 g/mol. The van der Waals surface area contributed by atoms with Crippen molar-refractivity contribution < 1.29 is 10.2 Å². The zero-order valence-electron chi connectivity index (χ0n) is 13.2. The molecule has 0 saturated heterocycles. The molecule has 0 amide bonds. The van der Waals surface area contributed by atoms with Gasteiger partial charge in [0.25, 0.3) is 0 Å². The van der Waals surface area contributed by atoms with Crippen LogP contribution >= 0.6 is 0 Å². The SMILES string of the molecule is CC(C)[C@@H](NCc1ccc(CO)cc1)[C@@H](O)c1ccccc1. The summed E-state index contributed by atoms with van der Waals surface area (Å²) in [5.74, 6) is 0.312. The van der Waals surface area contributed by atoms with E-state index in [1.807, 2.05) is 54.6 Å². The minimum Gasteiger partial charge on any atom is -0.392 e. The Labute approximate surface area is 132 Å². The van der Waals surface area contributed by atoms with Crippen LogP contribution in [-0.2, 0) is 13.2 Å². The Hall–Kier alpha value is -1.68. The van der Waals surface area contributed by atoms with Gasteiger partial charge in [-0.15, -0.1) is 0 Å². The first-order chi connectivity index (χ1) is 10.6. The fourth-order valence-electron chi connectivity index (χ4n) is 2.57. The lowest BCUT2D eigenvalue weighted by Crippen LogP contribution is -2.38. The lowest BCUT2D eigenvalue weighted by molar-refractivity contribution is 0.104. The molecule has 2 aromatic carbocycles. The maximum absolute atomic E-state index is 10.6. The predicted molar refractivity (Wildman–Crippen MR) is 89.2 cm³/mol. The van der Waals surface area contributed by atoms with Gasteiger partial charge in [0, 0.05) is 12.6 Å². The first kappa shape index (κ1) is 16.7. The van der Waals surface area contributed by atoms with Crippen LogP contribution < -0.4 is 5.32 Å². The highest BCUT2D eigenvalue weighted by Crippen LogP contribution is 2.22. The van der Waals surface area contributed by atoms with E-state index in [9.17, 15) is 5.11 Å². The predicted octanol–water partition coefficient (Wildman–Crippen LogP) is 3.03. The van der Waals surface area contributed by atoms with E-state index in [4.69, 9.17) is 5.11 Å². The molecule has 2 aromatic rings. The van der Waals surface area contributed by atoms with Gasteiger partial charge in [-0.05, 0) is 22.6 Å². The molecule has 0 unspecified atom stereocenters. The Morgan fingerprint density at radius 1 is 0.909 bits per heavy atom. The third kappa shape index (κ3) is 4.41. The Morgan fingerprint density at radius 3 is 2.05 bits per heavy atom. The number of hydrogen-bond acceptors (Lipinski definition) is 3. The summed E-state index contributed by atoms with van der Waals surface area (Å²) in [7, 11) is 0. The third-order valence-electron chi connectivity index (χ3n) is 3.95. The molecule has 3 heteroatoms. The molecule has 0 aliphatic rings. The molecule has 0 saturated carbocycles. The van der Waals surface area contributed by atoms with Crippen LogP contribution in [0.25, 0.3) is 0 Å². The summed E-state index contributed by atoms with van der Waals surface area (Å²) >= 11 is 0. The van der Waals surface area contributed by atoms with E-state index in [2.05, 4.69) is 19.2 Å². The van der Waals surface area contributed by atoms with Crippen molar-refractivity contribution in [1.29, 1.82) is 0 Å². The molecule has 0 fully saturated rings. The fraction of sp³-hybridized carbons (Fsp3) is 0.368. The molecule has 0 heterocycles. The topological polar surface area (TPSA) is 52.5 Å². The van der Waals surface area contributed by atoms with Crippen LogP contribution in [0, 0.1) is 5.92 Å². The van der Waals surface area contributed by atoms with Gasteiger partial charge in [-0.2, -0.15) is 0 Å². The van der Waals surface area contributed by atoms with Crippen LogP contribution in [0.3, 0.4) is 0 Å². The van der Waals surface area contributed by atoms with Crippen LogP contribution in [-0.4, -0.2) is 16.3 Å². The Morgan fingerprint density at radius 2 is 1.50 bits per heavy atom. The Balaban J connectivity index is 2.02. The van der Waals surface area contributed by atoms with E-state index in [-0.39, 0.29) is 12.6 Å². The van der Waals surface area contributed by atoms with Crippen molar-refractivity contribution in [2.75, 3.05) is 0 Å². The maximum Gasteiger partial charge on any atom is 0.0945 e. The number of rotatable bonds is 7. The molecule has 0 radical (unpaired) electrons. The fourth-order valence-corrected chi connectivity index (χ4v) is 2.57. The third-order valence-corrected chi connectivity index (χ3v) is 3.95.